The Kier molecular flexibility index (Phi) is 7.32. The predicted octanol–water partition coefficient (Wildman–Crippen LogP) is 2.26. The maximum absolute atomic E-state index is 11.6. The third-order valence-electron chi connectivity index (χ3n) is 3.84. The van der Waals surface area contributed by atoms with Crippen LogP contribution in [-0.4, -0.2) is 30.2 Å². The van der Waals surface area contributed by atoms with Crippen LogP contribution < -0.4 is 5.73 Å². The average Bonchev–Trinajstić information content (AvgIpc) is 2.65. The first-order chi connectivity index (χ1) is 12.5. The topological polar surface area (TPSA) is 98.8 Å². The minimum Gasteiger partial charge on any atom is -0.466 e. The zero-order valence-corrected chi connectivity index (χ0v) is 14.6. The normalized spacial score (nSPS) is 13.0. The molecule has 0 saturated heterocycles. The van der Waals surface area contributed by atoms with Crippen LogP contribution in [0.1, 0.15) is 42.2 Å². The molecule has 0 fully saturated rings. The lowest BCUT2D eigenvalue weighted by Gasteiger charge is -2.23. The lowest BCUT2D eigenvalue weighted by Crippen LogP contribution is -2.23. The summed E-state index contributed by atoms with van der Waals surface area (Å²) in [6, 6.07) is 16.3. The van der Waals surface area contributed by atoms with Crippen molar-refractivity contribution >= 4 is 11.9 Å². The minimum atomic E-state index is -1.44. The molecule has 0 aliphatic heterocycles. The number of primary amides is 1. The van der Waals surface area contributed by atoms with Crippen molar-refractivity contribution in [3.63, 3.8) is 0 Å². The minimum absolute atomic E-state index is 0.109. The van der Waals surface area contributed by atoms with E-state index in [1.54, 1.807) is 31.2 Å². The molecular weight excluding hydrogens is 334 g/mol. The van der Waals surface area contributed by atoms with Crippen molar-refractivity contribution < 1.29 is 24.2 Å². The zero-order valence-electron chi connectivity index (χ0n) is 14.6. The summed E-state index contributed by atoms with van der Waals surface area (Å²) >= 11 is 0. The molecule has 0 radical (unpaired) electrons. The summed E-state index contributed by atoms with van der Waals surface area (Å²) in [5.41, 5.74) is 7.09. The smallest absolute Gasteiger partial charge is 0.308 e. The molecule has 0 aliphatic rings. The van der Waals surface area contributed by atoms with Crippen LogP contribution in [0.5, 0.6) is 0 Å². The van der Waals surface area contributed by atoms with Crippen LogP contribution in [0.25, 0.3) is 0 Å². The van der Waals surface area contributed by atoms with Gasteiger partial charge < -0.3 is 20.3 Å². The summed E-state index contributed by atoms with van der Waals surface area (Å²) in [4.78, 5) is 23.0. The summed E-state index contributed by atoms with van der Waals surface area (Å²) in [6.45, 7) is 2.20. The number of carbonyl (C=O) groups excluding carboxylic acids is 2. The van der Waals surface area contributed by atoms with E-state index in [0.717, 1.165) is 5.56 Å². The van der Waals surface area contributed by atoms with E-state index < -0.39 is 18.1 Å². The first kappa shape index (κ1) is 19.6. The summed E-state index contributed by atoms with van der Waals surface area (Å²) < 4.78 is 10.8. The van der Waals surface area contributed by atoms with Crippen molar-refractivity contribution in [3.05, 3.63) is 71.3 Å². The van der Waals surface area contributed by atoms with E-state index in [1.807, 2.05) is 30.3 Å². The van der Waals surface area contributed by atoms with Gasteiger partial charge in [0, 0.05) is 0 Å². The Morgan fingerprint density at radius 3 is 2.27 bits per heavy atom. The molecule has 0 bridgehead atoms. The molecule has 0 spiro atoms. The number of nitrogens with two attached hydrogens (primary N) is 1. The van der Waals surface area contributed by atoms with Gasteiger partial charge in [-0.2, -0.15) is 0 Å². The molecule has 6 heteroatoms. The maximum atomic E-state index is 11.6. The Labute approximate surface area is 152 Å². The van der Waals surface area contributed by atoms with Crippen LogP contribution in [0, 0.1) is 0 Å². The van der Waals surface area contributed by atoms with Gasteiger partial charge in [-0.3, -0.25) is 9.59 Å². The lowest BCUT2D eigenvalue weighted by molar-refractivity contribution is -0.144. The summed E-state index contributed by atoms with van der Waals surface area (Å²) in [6.07, 6.45) is -1.89. The quantitative estimate of drug-likeness (QED) is 0.671. The largest absolute Gasteiger partial charge is 0.466 e. The first-order valence-corrected chi connectivity index (χ1v) is 8.43. The Bertz CT molecular complexity index is 732. The van der Waals surface area contributed by atoms with E-state index in [0.29, 0.717) is 17.7 Å². The number of ether oxygens (including phenoxy) is 2. The predicted molar refractivity (Wildman–Crippen MR) is 96.1 cm³/mol. The highest BCUT2D eigenvalue weighted by Gasteiger charge is 2.24. The molecule has 2 unspecified atom stereocenters. The maximum Gasteiger partial charge on any atom is 0.308 e. The number of carbonyl (C=O) groups is 2. The number of esters is 1. The second-order valence-electron chi connectivity index (χ2n) is 5.65. The summed E-state index contributed by atoms with van der Waals surface area (Å²) in [5, 5.41) is 10.2. The number of benzene rings is 2. The molecule has 0 aromatic heterocycles. The van der Waals surface area contributed by atoms with Crippen molar-refractivity contribution in [2.45, 2.75) is 25.6 Å². The fourth-order valence-corrected chi connectivity index (χ4v) is 2.64. The SMILES string of the molecule is CCOC(=O)CCOC(c1ccccc1)c1ccccc1C(O)C(N)=O. The Morgan fingerprint density at radius 2 is 1.65 bits per heavy atom. The fourth-order valence-electron chi connectivity index (χ4n) is 2.64. The van der Waals surface area contributed by atoms with Crippen LogP contribution in [0.3, 0.4) is 0 Å². The van der Waals surface area contributed by atoms with Gasteiger partial charge in [0.2, 0.25) is 0 Å². The number of rotatable bonds is 9. The monoisotopic (exact) mass is 357 g/mol. The molecule has 3 N–H and O–H groups in total. The lowest BCUT2D eigenvalue weighted by atomic mass is 9.93. The van der Waals surface area contributed by atoms with Gasteiger partial charge >= 0.3 is 5.97 Å². The van der Waals surface area contributed by atoms with Gasteiger partial charge in [0.25, 0.3) is 5.91 Å². The van der Waals surface area contributed by atoms with Crippen LogP contribution in [0.4, 0.5) is 0 Å². The van der Waals surface area contributed by atoms with Gasteiger partial charge in [-0.05, 0) is 23.6 Å². The van der Waals surface area contributed by atoms with Crippen LogP contribution in [0.2, 0.25) is 0 Å². The average molecular weight is 357 g/mol. The van der Waals surface area contributed by atoms with Crippen molar-refractivity contribution in [2.75, 3.05) is 13.2 Å². The third kappa shape index (κ3) is 5.15. The zero-order chi connectivity index (χ0) is 18.9. The highest BCUT2D eigenvalue weighted by atomic mass is 16.5. The fraction of sp³-hybridized carbons (Fsp3) is 0.300. The molecule has 138 valence electrons. The molecule has 0 aliphatic carbocycles. The summed E-state index contributed by atoms with van der Waals surface area (Å²) in [7, 11) is 0. The molecule has 0 heterocycles. The second kappa shape index (κ2) is 9.70. The summed E-state index contributed by atoms with van der Waals surface area (Å²) in [5.74, 6) is -1.18. The van der Waals surface area contributed by atoms with Gasteiger partial charge in [0.1, 0.15) is 6.10 Å². The van der Waals surface area contributed by atoms with Gasteiger partial charge in [-0.1, -0.05) is 54.6 Å². The van der Waals surface area contributed by atoms with Gasteiger partial charge in [-0.15, -0.1) is 0 Å². The number of aliphatic hydroxyl groups excluding tert-OH is 1. The molecule has 2 rings (SSSR count). The highest BCUT2D eigenvalue weighted by molar-refractivity contribution is 5.80. The van der Waals surface area contributed by atoms with Gasteiger partial charge in [-0.25, -0.2) is 0 Å². The van der Waals surface area contributed by atoms with Crippen LogP contribution in [-0.2, 0) is 19.1 Å². The third-order valence-corrected chi connectivity index (χ3v) is 3.84. The molecule has 6 nitrogen and oxygen atoms in total. The van der Waals surface area contributed by atoms with E-state index in [-0.39, 0.29) is 19.0 Å². The van der Waals surface area contributed by atoms with E-state index in [2.05, 4.69) is 0 Å². The Balaban J connectivity index is 2.30. The number of hydrogen-bond acceptors (Lipinski definition) is 5. The number of hydrogen-bond donors (Lipinski definition) is 2. The van der Waals surface area contributed by atoms with Crippen molar-refractivity contribution in [1.29, 1.82) is 0 Å². The van der Waals surface area contributed by atoms with E-state index in [1.165, 1.54) is 0 Å². The number of amides is 1. The molecule has 0 saturated carbocycles. The Morgan fingerprint density at radius 1 is 1.04 bits per heavy atom. The van der Waals surface area contributed by atoms with Crippen molar-refractivity contribution in [2.24, 2.45) is 5.73 Å². The molecule has 2 aromatic rings. The standard InChI is InChI=1S/C20H23NO5/c1-2-25-17(22)12-13-26-19(14-8-4-3-5-9-14)16-11-7-6-10-15(16)18(23)20(21)24/h3-11,18-19,23H,2,12-13H2,1H3,(H2,21,24). The Hall–Kier alpha value is -2.70. The van der Waals surface area contributed by atoms with Gasteiger partial charge in [0.05, 0.1) is 19.6 Å². The number of aliphatic hydroxyl groups is 1. The highest BCUT2D eigenvalue weighted by Crippen LogP contribution is 2.31. The van der Waals surface area contributed by atoms with E-state index >= 15 is 0 Å². The molecule has 26 heavy (non-hydrogen) atoms. The van der Waals surface area contributed by atoms with Gasteiger partial charge in [0.15, 0.2) is 6.10 Å². The van der Waals surface area contributed by atoms with E-state index in [9.17, 15) is 14.7 Å². The van der Waals surface area contributed by atoms with Crippen molar-refractivity contribution in [3.8, 4) is 0 Å². The van der Waals surface area contributed by atoms with Crippen LogP contribution >= 0.6 is 0 Å². The molecular formula is C20H23NO5. The second-order valence-corrected chi connectivity index (χ2v) is 5.65. The molecule has 2 atom stereocenters. The molecule has 1 amide bonds. The van der Waals surface area contributed by atoms with Crippen molar-refractivity contribution in [1.82, 2.24) is 0 Å². The van der Waals surface area contributed by atoms with Crippen LogP contribution in [0.15, 0.2) is 54.6 Å². The first-order valence-electron chi connectivity index (χ1n) is 8.43. The molecule has 2 aromatic carbocycles. The van der Waals surface area contributed by atoms with E-state index in [4.69, 9.17) is 15.2 Å².